The van der Waals surface area contributed by atoms with Gasteiger partial charge < -0.3 is 5.11 Å². The molecule has 3 rings (SSSR count). The summed E-state index contributed by atoms with van der Waals surface area (Å²) in [5, 5.41) is 9.26. The lowest BCUT2D eigenvalue weighted by molar-refractivity contribution is -0.140. The Kier molecular flexibility index (Phi) is 2.90. The van der Waals surface area contributed by atoms with Crippen molar-refractivity contribution in [1.82, 2.24) is 4.98 Å². The Morgan fingerprint density at radius 2 is 1.84 bits per heavy atom. The highest BCUT2D eigenvalue weighted by atomic mass is 79.9. The summed E-state index contributed by atoms with van der Waals surface area (Å²) in [6.45, 7) is 0. The van der Waals surface area contributed by atoms with Gasteiger partial charge in [0, 0.05) is 16.2 Å². The second-order valence-electron chi connectivity index (χ2n) is 4.83. The number of carboxylic acids is 1. The van der Waals surface area contributed by atoms with Gasteiger partial charge in [-0.3, -0.25) is 9.78 Å². The maximum absolute atomic E-state index is 11.3. The van der Waals surface area contributed by atoms with E-state index in [0.29, 0.717) is 0 Å². The fourth-order valence-corrected chi connectivity index (χ4v) is 2.49. The van der Waals surface area contributed by atoms with E-state index >= 15 is 0 Å². The number of carboxylic acid groups (broad SMARTS) is 1. The first-order chi connectivity index (χ1) is 9.12. The van der Waals surface area contributed by atoms with Gasteiger partial charge in [-0.2, -0.15) is 0 Å². The number of aliphatic carboxylic acids is 1. The minimum Gasteiger partial charge on any atom is -0.481 e. The molecule has 0 spiro atoms. The third-order valence-corrected chi connectivity index (χ3v) is 4.09. The lowest BCUT2D eigenvalue weighted by Gasteiger charge is -2.10. The van der Waals surface area contributed by atoms with Gasteiger partial charge in [-0.25, -0.2) is 0 Å². The predicted octanol–water partition coefficient (Wildman–Crippen LogP) is 3.63. The highest BCUT2D eigenvalue weighted by Gasteiger charge is 2.51. The molecular weight excluding hydrogens is 306 g/mol. The van der Waals surface area contributed by atoms with Crippen molar-refractivity contribution >= 4 is 21.9 Å². The minimum absolute atomic E-state index is 0.633. The molecule has 0 aliphatic heterocycles. The number of pyridine rings is 1. The van der Waals surface area contributed by atoms with Crippen molar-refractivity contribution in [3.8, 4) is 11.3 Å². The maximum atomic E-state index is 11.3. The summed E-state index contributed by atoms with van der Waals surface area (Å²) in [7, 11) is 0. The Hall–Kier alpha value is -1.68. The summed E-state index contributed by atoms with van der Waals surface area (Å²) in [6.07, 6.45) is 3.22. The smallest absolute Gasteiger partial charge is 0.314 e. The van der Waals surface area contributed by atoms with Crippen LogP contribution in [-0.4, -0.2) is 16.1 Å². The van der Waals surface area contributed by atoms with E-state index in [1.54, 1.807) is 6.20 Å². The zero-order chi connectivity index (χ0) is 13.5. The average Bonchev–Trinajstić information content (AvgIpc) is 3.21. The second kappa shape index (κ2) is 4.46. The van der Waals surface area contributed by atoms with Crippen LogP contribution in [0.3, 0.4) is 0 Å². The van der Waals surface area contributed by atoms with Gasteiger partial charge in [-0.1, -0.05) is 24.3 Å². The van der Waals surface area contributed by atoms with Crippen molar-refractivity contribution in [2.75, 3.05) is 0 Å². The Morgan fingerprint density at radius 1 is 1.16 bits per heavy atom. The fraction of sp³-hybridized carbons (Fsp3) is 0.200. The van der Waals surface area contributed by atoms with Gasteiger partial charge in [-0.15, -0.1) is 0 Å². The van der Waals surface area contributed by atoms with Crippen LogP contribution in [0.25, 0.3) is 11.3 Å². The number of halogens is 1. The zero-order valence-corrected chi connectivity index (χ0v) is 11.7. The highest BCUT2D eigenvalue weighted by Crippen LogP contribution is 2.48. The maximum Gasteiger partial charge on any atom is 0.314 e. The average molecular weight is 318 g/mol. The lowest BCUT2D eigenvalue weighted by Crippen LogP contribution is -2.19. The highest BCUT2D eigenvalue weighted by molar-refractivity contribution is 9.10. The molecular formula is C15H12BrNO2. The van der Waals surface area contributed by atoms with E-state index in [1.807, 2.05) is 36.4 Å². The van der Waals surface area contributed by atoms with Crippen molar-refractivity contribution in [2.45, 2.75) is 18.3 Å². The van der Waals surface area contributed by atoms with E-state index < -0.39 is 11.4 Å². The van der Waals surface area contributed by atoms with Crippen LogP contribution >= 0.6 is 15.9 Å². The van der Waals surface area contributed by atoms with Crippen molar-refractivity contribution in [3.63, 3.8) is 0 Å². The van der Waals surface area contributed by atoms with Crippen molar-refractivity contribution in [3.05, 3.63) is 52.6 Å². The summed E-state index contributed by atoms with van der Waals surface area (Å²) >= 11 is 3.35. The fourth-order valence-electron chi connectivity index (χ4n) is 2.26. The van der Waals surface area contributed by atoms with Crippen LogP contribution in [0.1, 0.15) is 18.4 Å². The van der Waals surface area contributed by atoms with E-state index in [4.69, 9.17) is 0 Å². The van der Waals surface area contributed by atoms with E-state index in [0.717, 1.165) is 34.1 Å². The molecule has 0 bridgehead atoms. The Balaban J connectivity index is 1.91. The van der Waals surface area contributed by atoms with Crippen LogP contribution in [0.4, 0.5) is 0 Å². The Labute approximate surface area is 119 Å². The number of carbonyl (C=O) groups is 1. The molecule has 1 aliphatic carbocycles. The molecule has 1 aliphatic rings. The van der Waals surface area contributed by atoms with E-state index in [2.05, 4.69) is 20.9 Å². The quantitative estimate of drug-likeness (QED) is 0.940. The monoisotopic (exact) mass is 317 g/mol. The molecule has 0 unspecified atom stereocenters. The summed E-state index contributed by atoms with van der Waals surface area (Å²) in [5.41, 5.74) is 2.14. The normalized spacial score (nSPS) is 16.1. The van der Waals surface area contributed by atoms with Gasteiger partial charge in [-0.05, 0) is 46.5 Å². The number of rotatable bonds is 3. The van der Waals surface area contributed by atoms with Crippen LogP contribution < -0.4 is 0 Å². The number of nitrogens with zero attached hydrogens (tertiary/aromatic N) is 1. The van der Waals surface area contributed by atoms with Gasteiger partial charge in [0.25, 0.3) is 0 Å². The summed E-state index contributed by atoms with van der Waals surface area (Å²) in [6, 6.07) is 11.6. The molecule has 1 saturated carbocycles. The first-order valence-corrected chi connectivity index (χ1v) is 6.87. The molecule has 1 aromatic heterocycles. The van der Waals surface area contributed by atoms with Crippen LogP contribution in [0.5, 0.6) is 0 Å². The molecule has 96 valence electrons. The summed E-state index contributed by atoms with van der Waals surface area (Å²) in [4.78, 5) is 15.6. The number of benzene rings is 1. The van der Waals surface area contributed by atoms with Gasteiger partial charge in [0.2, 0.25) is 0 Å². The molecule has 19 heavy (non-hydrogen) atoms. The first-order valence-electron chi connectivity index (χ1n) is 6.08. The number of hydrogen-bond acceptors (Lipinski definition) is 2. The molecule has 1 N–H and O–H groups in total. The Bertz CT molecular complexity index is 616. The van der Waals surface area contributed by atoms with Gasteiger partial charge >= 0.3 is 5.97 Å². The molecule has 3 nitrogen and oxygen atoms in total. The van der Waals surface area contributed by atoms with Crippen LogP contribution in [0, 0.1) is 0 Å². The molecule has 1 heterocycles. The second-order valence-corrected chi connectivity index (χ2v) is 5.74. The third-order valence-electron chi connectivity index (χ3n) is 3.62. The van der Waals surface area contributed by atoms with E-state index in [9.17, 15) is 9.90 Å². The molecule has 4 heteroatoms. The van der Waals surface area contributed by atoms with Crippen molar-refractivity contribution in [2.24, 2.45) is 0 Å². The topological polar surface area (TPSA) is 50.2 Å². The standard InChI is InChI=1S/C15H12BrNO2/c16-12-5-6-13(17-9-12)10-1-3-11(4-2-10)15(7-8-15)14(18)19/h1-6,9H,7-8H2,(H,18,19). The molecule has 0 amide bonds. The van der Waals surface area contributed by atoms with Crippen LogP contribution in [-0.2, 0) is 10.2 Å². The van der Waals surface area contributed by atoms with E-state index in [-0.39, 0.29) is 0 Å². The van der Waals surface area contributed by atoms with Crippen molar-refractivity contribution in [1.29, 1.82) is 0 Å². The zero-order valence-electron chi connectivity index (χ0n) is 10.1. The molecule has 1 aromatic carbocycles. The number of aromatic nitrogens is 1. The van der Waals surface area contributed by atoms with Gasteiger partial charge in [0.15, 0.2) is 0 Å². The summed E-state index contributed by atoms with van der Waals surface area (Å²) < 4.78 is 0.940. The largest absolute Gasteiger partial charge is 0.481 e. The van der Waals surface area contributed by atoms with Crippen LogP contribution in [0.2, 0.25) is 0 Å². The molecule has 1 fully saturated rings. The molecule has 0 saturated heterocycles. The van der Waals surface area contributed by atoms with Crippen molar-refractivity contribution < 1.29 is 9.90 Å². The van der Waals surface area contributed by atoms with Gasteiger partial charge in [0.1, 0.15) is 0 Å². The minimum atomic E-state index is -0.720. The van der Waals surface area contributed by atoms with Gasteiger partial charge in [0.05, 0.1) is 11.1 Å². The first kappa shape index (κ1) is 12.4. The predicted molar refractivity (Wildman–Crippen MR) is 75.9 cm³/mol. The lowest BCUT2D eigenvalue weighted by atomic mass is 9.95. The summed E-state index contributed by atoms with van der Waals surface area (Å²) in [5.74, 6) is -0.720. The third kappa shape index (κ3) is 2.16. The molecule has 0 atom stereocenters. The van der Waals surface area contributed by atoms with Crippen LogP contribution in [0.15, 0.2) is 47.1 Å². The SMILES string of the molecule is O=C(O)C1(c2ccc(-c3ccc(Br)cn3)cc2)CC1. The number of hydrogen-bond donors (Lipinski definition) is 1. The molecule has 2 aromatic rings. The molecule has 0 radical (unpaired) electrons. The Morgan fingerprint density at radius 3 is 2.32 bits per heavy atom. The van der Waals surface area contributed by atoms with E-state index in [1.165, 1.54) is 0 Å².